The first-order chi connectivity index (χ1) is 44.8. The summed E-state index contributed by atoms with van der Waals surface area (Å²) in [6, 6.07) is 0. The zero-order valence-electron chi connectivity index (χ0n) is 60.7. The lowest BCUT2D eigenvalue weighted by Gasteiger charge is -2.21. The highest BCUT2D eigenvalue weighted by atomic mass is 31.2. The fourth-order valence-corrected chi connectivity index (χ4v) is 12.8. The van der Waals surface area contributed by atoms with Crippen molar-refractivity contribution in [1.29, 1.82) is 0 Å². The predicted molar refractivity (Wildman–Crippen MR) is 377 cm³/mol. The second-order valence-electron chi connectivity index (χ2n) is 27.9. The Morgan fingerprint density at radius 3 is 0.817 bits per heavy atom. The number of esters is 4. The summed E-state index contributed by atoms with van der Waals surface area (Å²) in [4.78, 5) is 72.6. The highest BCUT2D eigenvalue weighted by Crippen LogP contribution is 2.45. The molecule has 0 aromatic rings. The third kappa shape index (κ3) is 67.0. The molecule has 0 saturated carbocycles. The smallest absolute Gasteiger partial charge is 0.462 e. The molecule has 3 unspecified atom stereocenters. The molecule has 552 valence electrons. The lowest BCUT2D eigenvalue weighted by molar-refractivity contribution is -0.161. The fourth-order valence-electron chi connectivity index (χ4n) is 11.2. The summed E-state index contributed by atoms with van der Waals surface area (Å²) < 4.78 is 68.4. The van der Waals surface area contributed by atoms with Crippen LogP contribution in [0.5, 0.6) is 0 Å². The predicted octanol–water partition coefficient (Wildman–Crippen LogP) is 21.4. The minimum Gasteiger partial charge on any atom is -0.462 e. The maximum Gasteiger partial charge on any atom is 0.472 e. The Kier molecular flexibility index (Phi) is 63.4. The maximum absolute atomic E-state index is 13.1. The van der Waals surface area contributed by atoms with Gasteiger partial charge in [-0.25, -0.2) is 9.13 Å². The van der Waals surface area contributed by atoms with Gasteiger partial charge in [0.25, 0.3) is 0 Å². The first-order valence-corrected chi connectivity index (χ1v) is 41.4. The number of hydrogen-bond acceptors (Lipinski definition) is 15. The van der Waals surface area contributed by atoms with E-state index in [9.17, 15) is 43.2 Å². The summed E-state index contributed by atoms with van der Waals surface area (Å²) in [5.74, 6) is 0.0516. The Morgan fingerprint density at radius 1 is 0.312 bits per heavy atom. The molecule has 0 rings (SSSR count). The molecular weight excluding hydrogens is 1220 g/mol. The van der Waals surface area contributed by atoms with E-state index >= 15 is 0 Å². The highest BCUT2D eigenvalue weighted by Gasteiger charge is 2.30. The van der Waals surface area contributed by atoms with E-state index < -0.39 is 97.5 Å². The van der Waals surface area contributed by atoms with Crippen LogP contribution in [0.1, 0.15) is 376 Å². The Hall–Kier alpha value is -1.94. The lowest BCUT2D eigenvalue weighted by Crippen LogP contribution is -2.30. The first kappa shape index (κ1) is 91.1. The van der Waals surface area contributed by atoms with Crippen LogP contribution in [-0.2, 0) is 65.4 Å². The Bertz CT molecular complexity index is 1820. The number of carbonyl (C=O) groups excluding carboxylic acids is 4. The van der Waals surface area contributed by atoms with E-state index in [1.54, 1.807) is 0 Å². The molecule has 0 aromatic carbocycles. The number of aliphatic hydroxyl groups is 1. The Balaban J connectivity index is 5.18. The van der Waals surface area contributed by atoms with Gasteiger partial charge in [0.15, 0.2) is 12.2 Å². The molecule has 0 aromatic heterocycles. The van der Waals surface area contributed by atoms with Crippen molar-refractivity contribution >= 4 is 39.5 Å². The SMILES string of the molecule is CCCCCCCCCCCCCCCCCCCCCCCC(=O)O[C@H](COC(=O)CCCCCCCCCCC(C)CC)COP(=O)(O)OC[C@@H](O)COP(=O)(O)OC[C@@H](COC(=O)CCCCCCCCCC(C)C)OC(=O)CCCCCCCCCC(C)C. The monoisotopic (exact) mass is 1370 g/mol. The van der Waals surface area contributed by atoms with Crippen LogP contribution in [0.3, 0.4) is 0 Å². The van der Waals surface area contributed by atoms with Crippen molar-refractivity contribution in [3.63, 3.8) is 0 Å². The molecule has 0 heterocycles. The maximum atomic E-state index is 13.1. The van der Waals surface area contributed by atoms with Gasteiger partial charge in [0.05, 0.1) is 26.4 Å². The molecule has 3 N–H and O–H groups in total. The molecular formula is C74H144O17P2. The molecule has 0 bridgehead atoms. The second kappa shape index (κ2) is 64.7. The summed E-state index contributed by atoms with van der Waals surface area (Å²) in [6.45, 7) is 11.8. The molecule has 0 aliphatic carbocycles. The average Bonchev–Trinajstić information content (AvgIpc) is 3.60. The van der Waals surface area contributed by atoms with Crippen molar-refractivity contribution in [1.82, 2.24) is 0 Å². The number of hydrogen-bond donors (Lipinski definition) is 3. The average molecular weight is 1370 g/mol. The molecule has 0 amide bonds. The largest absolute Gasteiger partial charge is 0.472 e. The van der Waals surface area contributed by atoms with Crippen LogP contribution in [0.25, 0.3) is 0 Å². The number of phosphoric ester groups is 2. The molecule has 17 nitrogen and oxygen atoms in total. The van der Waals surface area contributed by atoms with Gasteiger partial charge in [-0.2, -0.15) is 0 Å². The van der Waals surface area contributed by atoms with E-state index in [1.807, 2.05) is 0 Å². The number of carbonyl (C=O) groups is 4. The van der Waals surface area contributed by atoms with E-state index in [4.69, 9.17) is 37.0 Å². The molecule has 0 fully saturated rings. The van der Waals surface area contributed by atoms with Crippen LogP contribution in [0, 0.1) is 17.8 Å². The number of phosphoric acid groups is 2. The normalized spacial score (nSPS) is 14.4. The minimum absolute atomic E-state index is 0.102. The van der Waals surface area contributed by atoms with E-state index in [-0.39, 0.29) is 25.7 Å². The fraction of sp³-hybridized carbons (Fsp3) is 0.946. The quantitative estimate of drug-likeness (QED) is 0.0222. The Morgan fingerprint density at radius 2 is 0.548 bits per heavy atom. The number of rotatable bonds is 72. The second-order valence-corrected chi connectivity index (χ2v) is 30.8. The zero-order chi connectivity index (χ0) is 68.7. The van der Waals surface area contributed by atoms with Crippen LogP contribution in [0.15, 0.2) is 0 Å². The summed E-state index contributed by atoms with van der Waals surface area (Å²) in [5, 5.41) is 10.6. The molecule has 0 spiro atoms. The van der Waals surface area contributed by atoms with Gasteiger partial charge in [0.1, 0.15) is 19.3 Å². The molecule has 0 radical (unpaired) electrons. The van der Waals surface area contributed by atoms with Crippen molar-refractivity contribution in [3.05, 3.63) is 0 Å². The molecule has 93 heavy (non-hydrogen) atoms. The standard InChI is InChI=1S/C74H144O17P2/c1-8-10-11-12-13-14-15-16-17-18-19-20-21-22-23-24-25-26-35-43-50-57-73(78)90-69(61-84-71(76)55-48-41-34-28-27-33-40-47-54-67(7)9-2)63-88-92(80,81)86-59-68(75)60-87-93(82,83)89-64-70(91-74(79)58-51-44-37-30-32-39-46-53-66(5)6)62-85-72(77)56-49-42-36-29-31-38-45-52-65(3)4/h65-70,75H,8-64H2,1-7H3,(H,80,81)(H,82,83)/t67?,68-,69-,70-/m1/s1. The number of aliphatic hydroxyl groups excluding tert-OH is 1. The zero-order valence-corrected chi connectivity index (χ0v) is 62.5. The summed E-state index contributed by atoms with van der Waals surface area (Å²) in [6.07, 6.45) is 50.3. The van der Waals surface area contributed by atoms with Crippen molar-refractivity contribution in [2.45, 2.75) is 394 Å². The first-order valence-electron chi connectivity index (χ1n) is 38.4. The molecule has 0 aliphatic heterocycles. The van der Waals surface area contributed by atoms with E-state index in [1.165, 1.54) is 180 Å². The summed E-state index contributed by atoms with van der Waals surface area (Å²) in [5.41, 5.74) is 0. The molecule has 0 saturated heterocycles. The van der Waals surface area contributed by atoms with Crippen molar-refractivity contribution < 1.29 is 80.2 Å². The van der Waals surface area contributed by atoms with Gasteiger partial charge in [0, 0.05) is 25.7 Å². The van der Waals surface area contributed by atoms with Crippen LogP contribution in [0.4, 0.5) is 0 Å². The summed E-state index contributed by atoms with van der Waals surface area (Å²) in [7, 11) is -9.91. The number of ether oxygens (including phenoxy) is 4. The van der Waals surface area contributed by atoms with Crippen molar-refractivity contribution in [3.8, 4) is 0 Å². The van der Waals surface area contributed by atoms with E-state index in [0.717, 1.165) is 102 Å². The van der Waals surface area contributed by atoms with Gasteiger partial charge in [0.2, 0.25) is 0 Å². The lowest BCUT2D eigenvalue weighted by atomic mass is 9.99. The minimum atomic E-state index is -4.96. The van der Waals surface area contributed by atoms with E-state index in [0.29, 0.717) is 37.5 Å². The van der Waals surface area contributed by atoms with Crippen LogP contribution < -0.4 is 0 Å². The third-order valence-corrected chi connectivity index (χ3v) is 19.4. The van der Waals surface area contributed by atoms with Gasteiger partial charge < -0.3 is 33.8 Å². The van der Waals surface area contributed by atoms with Crippen LogP contribution in [0.2, 0.25) is 0 Å². The van der Waals surface area contributed by atoms with Gasteiger partial charge in [-0.05, 0) is 43.4 Å². The topological polar surface area (TPSA) is 237 Å². The van der Waals surface area contributed by atoms with Crippen molar-refractivity contribution in [2.24, 2.45) is 17.8 Å². The van der Waals surface area contributed by atoms with Gasteiger partial charge in [-0.3, -0.25) is 37.3 Å². The van der Waals surface area contributed by atoms with E-state index in [2.05, 4.69) is 48.5 Å². The highest BCUT2D eigenvalue weighted by molar-refractivity contribution is 7.47. The van der Waals surface area contributed by atoms with Gasteiger partial charge in [-0.1, -0.05) is 325 Å². The molecule has 19 heteroatoms. The van der Waals surface area contributed by atoms with Gasteiger partial charge in [-0.15, -0.1) is 0 Å². The van der Waals surface area contributed by atoms with Crippen molar-refractivity contribution in [2.75, 3.05) is 39.6 Å². The Labute approximate surface area is 568 Å². The molecule has 0 aliphatic rings. The third-order valence-electron chi connectivity index (χ3n) is 17.5. The number of unbranched alkanes of at least 4 members (excludes halogenated alkanes) is 39. The van der Waals surface area contributed by atoms with Crippen LogP contribution >= 0.6 is 15.6 Å². The van der Waals surface area contributed by atoms with Gasteiger partial charge >= 0.3 is 39.5 Å². The summed E-state index contributed by atoms with van der Waals surface area (Å²) >= 11 is 0. The molecule has 6 atom stereocenters. The van der Waals surface area contributed by atoms with Crippen LogP contribution in [-0.4, -0.2) is 96.7 Å².